The van der Waals surface area contributed by atoms with Gasteiger partial charge in [-0.25, -0.2) is 5.84 Å². The largest absolute Gasteiger partial charge is 0.493 e. The summed E-state index contributed by atoms with van der Waals surface area (Å²) in [6.07, 6.45) is 4.05. The molecule has 3 rings (SSSR count). The lowest BCUT2D eigenvalue weighted by molar-refractivity contribution is 0.153. The van der Waals surface area contributed by atoms with Gasteiger partial charge < -0.3 is 15.4 Å². The van der Waals surface area contributed by atoms with Crippen molar-refractivity contribution >= 4 is 5.69 Å². The molecule has 0 aliphatic carbocycles. The van der Waals surface area contributed by atoms with Gasteiger partial charge in [-0.3, -0.25) is 5.01 Å². The van der Waals surface area contributed by atoms with Crippen molar-refractivity contribution in [3.8, 4) is 5.75 Å². The van der Waals surface area contributed by atoms with Crippen LogP contribution in [0.15, 0.2) is 72.7 Å². The van der Waals surface area contributed by atoms with Crippen LogP contribution in [0.5, 0.6) is 5.75 Å². The lowest BCUT2D eigenvalue weighted by atomic mass is 9.99. The van der Waals surface area contributed by atoms with Crippen molar-refractivity contribution in [2.24, 2.45) is 17.5 Å². The third-order valence-electron chi connectivity index (χ3n) is 4.44. The van der Waals surface area contributed by atoms with E-state index in [4.69, 9.17) is 16.3 Å². The Bertz CT molecular complexity index is 675. The zero-order chi connectivity index (χ0) is 17.5. The molecule has 1 aliphatic heterocycles. The van der Waals surface area contributed by atoms with Crippen LogP contribution < -0.4 is 21.3 Å². The second kappa shape index (κ2) is 8.44. The summed E-state index contributed by atoms with van der Waals surface area (Å²) in [7, 11) is 0. The Morgan fingerprint density at radius 2 is 1.80 bits per heavy atom. The Labute approximate surface area is 149 Å². The highest BCUT2D eigenvalue weighted by atomic mass is 16.5. The van der Waals surface area contributed by atoms with E-state index in [9.17, 15) is 0 Å². The van der Waals surface area contributed by atoms with Crippen LogP contribution in [-0.4, -0.2) is 24.6 Å². The van der Waals surface area contributed by atoms with Crippen LogP contribution in [0.2, 0.25) is 0 Å². The highest BCUT2D eigenvalue weighted by Crippen LogP contribution is 2.21. The lowest BCUT2D eigenvalue weighted by Crippen LogP contribution is -2.41. The number of nitrogens with two attached hydrogens (primary N) is 2. The topological polar surface area (TPSA) is 67.8 Å². The standard InChI is InChI=1S/C20H26N4O/c21-20(15-24(22)18-9-3-1-4-10-18)23-13-7-8-17(14-23)16-25-19-11-5-2-6-12-19/h1-6,9-12,15,17H,7-8,13-14,16,21-22H2/b20-15+. The number of piperidine rings is 1. The summed E-state index contributed by atoms with van der Waals surface area (Å²) in [5, 5.41) is 1.57. The number of hydrazine groups is 1. The van der Waals surface area contributed by atoms with E-state index in [0.717, 1.165) is 37.4 Å². The van der Waals surface area contributed by atoms with Gasteiger partial charge in [-0.2, -0.15) is 0 Å². The molecule has 25 heavy (non-hydrogen) atoms. The molecule has 1 fully saturated rings. The second-order valence-electron chi connectivity index (χ2n) is 6.38. The zero-order valence-corrected chi connectivity index (χ0v) is 14.4. The Morgan fingerprint density at radius 1 is 1.12 bits per heavy atom. The molecule has 2 aromatic carbocycles. The van der Waals surface area contributed by atoms with Crippen molar-refractivity contribution in [1.82, 2.24) is 4.90 Å². The van der Waals surface area contributed by atoms with Crippen molar-refractivity contribution in [2.45, 2.75) is 12.8 Å². The predicted octanol–water partition coefficient (Wildman–Crippen LogP) is 2.92. The average molecular weight is 338 g/mol. The molecule has 4 N–H and O–H groups in total. The number of hydrogen-bond donors (Lipinski definition) is 2. The average Bonchev–Trinajstić information content (AvgIpc) is 2.68. The number of hydrogen-bond acceptors (Lipinski definition) is 5. The zero-order valence-electron chi connectivity index (χ0n) is 14.4. The van der Waals surface area contributed by atoms with Gasteiger partial charge in [0.1, 0.15) is 11.6 Å². The highest BCUT2D eigenvalue weighted by Gasteiger charge is 2.21. The molecule has 5 nitrogen and oxygen atoms in total. The molecule has 1 heterocycles. The van der Waals surface area contributed by atoms with Crippen molar-refractivity contribution < 1.29 is 4.74 Å². The van der Waals surface area contributed by atoms with E-state index in [1.54, 1.807) is 11.2 Å². The molecule has 5 heteroatoms. The summed E-state index contributed by atoms with van der Waals surface area (Å²) in [5.74, 6) is 8.17. The van der Waals surface area contributed by atoms with Crippen LogP contribution in [-0.2, 0) is 0 Å². The van der Waals surface area contributed by atoms with Gasteiger partial charge in [0.2, 0.25) is 0 Å². The molecule has 0 radical (unpaired) electrons. The maximum Gasteiger partial charge on any atom is 0.119 e. The quantitative estimate of drug-likeness (QED) is 0.626. The first-order chi connectivity index (χ1) is 12.2. The van der Waals surface area contributed by atoms with Gasteiger partial charge in [0, 0.05) is 19.0 Å². The summed E-state index contributed by atoms with van der Waals surface area (Å²) in [5.41, 5.74) is 7.19. The molecular weight excluding hydrogens is 312 g/mol. The molecule has 1 saturated heterocycles. The van der Waals surface area contributed by atoms with Crippen molar-refractivity contribution in [3.63, 3.8) is 0 Å². The molecule has 0 bridgehead atoms. The van der Waals surface area contributed by atoms with Crippen molar-refractivity contribution in [2.75, 3.05) is 24.7 Å². The molecule has 2 aromatic rings. The number of ether oxygens (including phenoxy) is 1. The van der Waals surface area contributed by atoms with Crippen LogP contribution in [0.1, 0.15) is 12.8 Å². The maximum atomic E-state index is 6.28. The number of para-hydroxylation sites is 2. The van der Waals surface area contributed by atoms with Crippen molar-refractivity contribution in [3.05, 3.63) is 72.7 Å². The molecule has 1 aliphatic rings. The molecule has 0 saturated carbocycles. The van der Waals surface area contributed by atoms with E-state index in [2.05, 4.69) is 4.90 Å². The first kappa shape index (κ1) is 17.2. The predicted molar refractivity (Wildman–Crippen MR) is 102 cm³/mol. The molecular formula is C20H26N4O. The summed E-state index contributed by atoms with van der Waals surface area (Å²) < 4.78 is 5.90. The minimum absolute atomic E-state index is 0.462. The number of likely N-dealkylation sites (tertiary alicyclic amines) is 1. The minimum atomic E-state index is 0.462. The Balaban J connectivity index is 1.56. The molecule has 1 atom stereocenters. The van der Waals surface area contributed by atoms with Crippen LogP contribution in [0.3, 0.4) is 0 Å². The molecule has 0 amide bonds. The lowest BCUT2D eigenvalue weighted by Gasteiger charge is -2.34. The number of benzene rings is 2. The summed E-state index contributed by atoms with van der Waals surface area (Å²) in [6, 6.07) is 19.7. The SMILES string of the molecule is N/C(=C\N(N)c1ccccc1)N1CCCC(COc2ccccc2)C1. The summed E-state index contributed by atoms with van der Waals surface area (Å²) >= 11 is 0. The molecule has 1 unspecified atom stereocenters. The normalized spacial score (nSPS) is 18.0. The van der Waals surface area contributed by atoms with Gasteiger partial charge in [-0.1, -0.05) is 36.4 Å². The molecule has 132 valence electrons. The van der Waals surface area contributed by atoms with Crippen molar-refractivity contribution in [1.29, 1.82) is 0 Å². The van der Waals surface area contributed by atoms with Crippen LogP contribution in [0, 0.1) is 5.92 Å². The Morgan fingerprint density at radius 3 is 2.52 bits per heavy atom. The van der Waals surface area contributed by atoms with Gasteiger partial charge >= 0.3 is 0 Å². The van der Waals surface area contributed by atoms with Gasteiger partial charge in [-0.15, -0.1) is 0 Å². The van der Waals surface area contributed by atoms with E-state index in [0.29, 0.717) is 18.3 Å². The molecule has 0 spiro atoms. The first-order valence-electron chi connectivity index (χ1n) is 8.71. The van der Waals surface area contributed by atoms with E-state index >= 15 is 0 Å². The van der Waals surface area contributed by atoms with E-state index in [1.165, 1.54) is 0 Å². The fourth-order valence-electron chi connectivity index (χ4n) is 3.07. The third-order valence-corrected chi connectivity index (χ3v) is 4.44. The van der Waals surface area contributed by atoms with Crippen LogP contribution in [0.25, 0.3) is 0 Å². The highest BCUT2D eigenvalue weighted by molar-refractivity contribution is 5.47. The number of anilines is 1. The van der Waals surface area contributed by atoms with Gasteiger partial charge in [0.05, 0.1) is 18.5 Å². The molecule has 0 aromatic heterocycles. The Kier molecular flexibility index (Phi) is 5.80. The van der Waals surface area contributed by atoms with E-state index < -0.39 is 0 Å². The fraction of sp³-hybridized carbons (Fsp3) is 0.300. The van der Waals surface area contributed by atoms with Crippen LogP contribution in [0.4, 0.5) is 5.69 Å². The second-order valence-corrected chi connectivity index (χ2v) is 6.38. The first-order valence-corrected chi connectivity index (χ1v) is 8.71. The van der Waals surface area contributed by atoms with E-state index in [-0.39, 0.29) is 0 Å². The van der Waals surface area contributed by atoms with Gasteiger partial charge in [-0.05, 0) is 37.1 Å². The third kappa shape index (κ3) is 4.90. The monoisotopic (exact) mass is 338 g/mol. The maximum absolute atomic E-state index is 6.28. The summed E-state index contributed by atoms with van der Waals surface area (Å²) in [4.78, 5) is 2.19. The Hall–Kier alpha value is -2.66. The smallest absolute Gasteiger partial charge is 0.119 e. The van der Waals surface area contributed by atoms with Gasteiger partial charge in [0.25, 0.3) is 0 Å². The van der Waals surface area contributed by atoms with Crippen LogP contribution >= 0.6 is 0 Å². The van der Waals surface area contributed by atoms with E-state index in [1.807, 2.05) is 60.7 Å². The number of rotatable bonds is 6. The summed E-state index contributed by atoms with van der Waals surface area (Å²) in [6.45, 7) is 2.55. The minimum Gasteiger partial charge on any atom is -0.493 e. The van der Waals surface area contributed by atoms with Gasteiger partial charge in [0.15, 0.2) is 0 Å². The fourth-order valence-corrected chi connectivity index (χ4v) is 3.07. The number of nitrogens with zero attached hydrogens (tertiary/aromatic N) is 2.